The van der Waals surface area contributed by atoms with E-state index in [9.17, 15) is 9.59 Å². The highest BCUT2D eigenvalue weighted by Crippen LogP contribution is 2.38. The van der Waals surface area contributed by atoms with Gasteiger partial charge < -0.3 is 24.8 Å². The van der Waals surface area contributed by atoms with Crippen LogP contribution >= 0.6 is 0 Å². The highest BCUT2D eigenvalue weighted by atomic mass is 16.5. The average Bonchev–Trinajstić information content (AvgIpc) is 2.67. The fourth-order valence-electron chi connectivity index (χ4n) is 2.90. The van der Waals surface area contributed by atoms with E-state index in [0.29, 0.717) is 40.6 Å². The largest absolute Gasteiger partial charge is 0.493 e. The van der Waals surface area contributed by atoms with Crippen LogP contribution in [0.4, 0.5) is 5.69 Å². The summed E-state index contributed by atoms with van der Waals surface area (Å²) in [7, 11) is 4.47. The Morgan fingerprint density at radius 2 is 1.73 bits per heavy atom. The number of fused-ring (bicyclic) bond motifs is 1. The minimum atomic E-state index is -0.347. The van der Waals surface area contributed by atoms with Crippen molar-refractivity contribution in [2.75, 3.05) is 33.2 Å². The van der Waals surface area contributed by atoms with Crippen molar-refractivity contribution in [2.24, 2.45) is 0 Å². The quantitative estimate of drug-likeness (QED) is 0.858. The smallest absolute Gasteiger partial charge is 0.255 e. The maximum atomic E-state index is 12.6. The number of carbonyl (C=O) groups excluding carboxylic acids is 2. The Morgan fingerprint density at radius 3 is 2.35 bits per heavy atom. The van der Waals surface area contributed by atoms with Crippen LogP contribution in [0.25, 0.3) is 0 Å². The molecular weight excluding hydrogens is 336 g/mol. The van der Waals surface area contributed by atoms with Crippen molar-refractivity contribution in [3.63, 3.8) is 0 Å². The lowest BCUT2D eigenvalue weighted by molar-refractivity contribution is 0.0944. The summed E-state index contributed by atoms with van der Waals surface area (Å²) in [6.07, 6.45) is 0.780. The zero-order valence-electron chi connectivity index (χ0n) is 14.8. The standard InChI is InChI=1S/C19H20N2O5/c1-24-15-8-12(9-16(25-2)17(15)26-3)18(22)21-13-5-4-11-6-7-20-19(23)14(11)10-13/h4-5,8-10H,6-7H2,1-3H3,(H,20,23)(H,21,22). The molecule has 136 valence electrons. The monoisotopic (exact) mass is 356 g/mol. The third-order valence-corrected chi connectivity index (χ3v) is 4.22. The second-order valence-electron chi connectivity index (χ2n) is 5.75. The molecule has 1 aliphatic heterocycles. The van der Waals surface area contributed by atoms with Crippen LogP contribution in [0.2, 0.25) is 0 Å². The molecule has 2 aromatic carbocycles. The van der Waals surface area contributed by atoms with Gasteiger partial charge in [0, 0.05) is 23.4 Å². The van der Waals surface area contributed by atoms with E-state index < -0.39 is 0 Å². The van der Waals surface area contributed by atoms with Gasteiger partial charge in [0.15, 0.2) is 11.5 Å². The number of nitrogens with one attached hydrogen (secondary N) is 2. The van der Waals surface area contributed by atoms with Gasteiger partial charge in [-0.05, 0) is 36.2 Å². The summed E-state index contributed by atoms with van der Waals surface area (Å²) in [5.74, 6) is 0.719. The van der Waals surface area contributed by atoms with Gasteiger partial charge in [-0.3, -0.25) is 9.59 Å². The Bertz CT molecular complexity index is 838. The number of methoxy groups -OCH3 is 3. The second-order valence-corrected chi connectivity index (χ2v) is 5.75. The highest BCUT2D eigenvalue weighted by molar-refractivity contribution is 6.06. The predicted octanol–water partition coefficient (Wildman–Crippen LogP) is 2.25. The molecular formula is C19H20N2O5. The maximum absolute atomic E-state index is 12.6. The molecule has 0 fully saturated rings. The summed E-state index contributed by atoms with van der Waals surface area (Å²) in [5.41, 5.74) is 2.44. The summed E-state index contributed by atoms with van der Waals surface area (Å²) in [4.78, 5) is 24.6. The van der Waals surface area contributed by atoms with Crippen LogP contribution in [0.5, 0.6) is 17.2 Å². The van der Waals surface area contributed by atoms with Crippen LogP contribution in [0, 0.1) is 0 Å². The Morgan fingerprint density at radius 1 is 1.04 bits per heavy atom. The topological polar surface area (TPSA) is 85.9 Å². The van der Waals surface area contributed by atoms with E-state index in [-0.39, 0.29) is 11.8 Å². The molecule has 2 amide bonds. The van der Waals surface area contributed by atoms with E-state index in [2.05, 4.69) is 10.6 Å². The molecule has 1 heterocycles. The molecule has 7 nitrogen and oxygen atoms in total. The van der Waals surface area contributed by atoms with E-state index in [1.165, 1.54) is 21.3 Å². The molecule has 2 N–H and O–H groups in total. The van der Waals surface area contributed by atoms with E-state index in [1.807, 2.05) is 6.07 Å². The van der Waals surface area contributed by atoms with Crippen LogP contribution in [0.1, 0.15) is 26.3 Å². The van der Waals surface area contributed by atoms with Gasteiger partial charge >= 0.3 is 0 Å². The normalized spacial score (nSPS) is 12.7. The van der Waals surface area contributed by atoms with Crippen molar-refractivity contribution in [1.82, 2.24) is 5.32 Å². The second kappa shape index (κ2) is 7.35. The fourth-order valence-corrected chi connectivity index (χ4v) is 2.90. The van der Waals surface area contributed by atoms with E-state index in [4.69, 9.17) is 14.2 Å². The highest BCUT2D eigenvalue weighted by Gasteiger charge is 2.19. The average molecular weight is 356 g/mol. The van der Waals surface area contributed by atoms with E-state index in [0.717, 1.165) is 12.0 Å². The first-order valence-corrected chi connectivity index (χ1v) is 8.10. The minimum absolute atomic E-state index is 0.130. The van der Waals surface area contributed by atoms with Gasteiger partial charge in [-0.1, -0.05) is 6.07 Å². The van der Waals surface area contributed by atoms with Gasteiger partial charge in [0.2, 0.25) is 5.75 Å². The third-order valence-electron chi connectivity index (χ3n) is 4.22. The van der Waals surface area contributed by atoms with Gasteiger partial charge in [-0.15, -0.1) is 0 Å². The van der Waals surface area contributed by atoms with Gasteiger partial charge in [-0.25, -0.2) is 0 Å². The number of hydrogen-bond acceptors (Lipinski definition) is 5. The van der Waals surface area contributed by atoms with Crippen molar-refractivity contribution in [3.05, 3.63) is 47.0 Å². The van der Waals surface area contributed by atoms with Gasteiger partial charge in [-0.2, -0.15) is 0 Å². The Balaban J connectivity index is 1.89. The first-order chi connectivity index (χ1) is 12.6. The molecule has 3 rings (SSSR count). The molecule has 0 saturated heterocycles. The molecule has 7 heteroatoms. The molecule has 0 atom stereocenters. The lowest BCUT2D eigenvalue weighted by Gasteiger charge is -2.18. The zero-order chi connectivity index (χ0) is 18.7. The summed E-state index contributed by atoms with van der Waals surface area (Å²) in [6, 6.07) is 8.47. The number of rotatable bonds is 5. The number of amides is 2. The summed E-state index contributed by atoms with van der Waals surface area (Å²) >= 11 is 0. The van der Waals surface area contributed by atoms with Crippen molar-refractivity contribution in [1.29, 1.82) is 0 Å². The molecule has 0 spiro atoms. The van der Waals surface area contributed by atoms with Gasteiger partial charge in [0.1, 0.15) is 0 Å². The number of ether oxygens (including phenoxy) is 3. The Kier molecular flexibility index (Phi) is 4.97. The fraction of sp³-hybridized carbons (Fsp3) is 0.263. The van der Waals surface area contributed by atoms with Gasteiger partial charge in [0.05, 0.1) is 21.3 Å². The van der Waals surface area contributed by atoms with Crippen LogP contribution in [0.3, 0.4) is 0 Å². The molecule has 0 radical (unpaired) electrons. The Labute approximate surface area is 151 Å². The molecule has 2 aromatic rings. The molecule has 0 unspecified atom stereocenters. The molecule has 0 bridgehead atoms. The number of carbonyl (C=O) groups is 2. The first-order valence-electron chi connectivity index (χ1n) is 8.10. The van der Waals surface area contributed by atoms with Gasteiger partial charge in [0.25, 0.3) is 11.8 Å². The Hall–Kier alpha value is -3.22. The zero-order valence-corrected chi connectivity index (χ0v) is 14.8. The van der Waals surface area contributed by atoms with E-state index >= 15 is 0 Å². The number of benzene rings is 2. The van der Waals surface area contributed by atoms with Crippen molar-refractivity contribution in [3.8, 4) is 17.2 Å². The predicted molar refractivity (Wildman–Crippen MR) is 96.5 cm³/mol. The number of anilines is 1. The van der Waals surface area contributed by atoms with Crippen LogP contribution in [-0.4, -0.2) is 39.7 Å². The third kappa shape index (κ3) is 3.28. The van der Waals surface area contributed by atoms with Crippen LogP contribution in [-0.2, 0) is 6.42 Å². The first kappa shape index (κ1) is 17.6. The summed E-state index contributed by atoms with van der Waals surface area (Å²) in [5, 5.41) is 5.59. The number of hydrogen-bond donors (Lipinski definition) is 2. The lowest BCUT2D eigenvalue weighted by atomic mass is 10.00. The molecule has 1 aliphatic rings. The maximum Gasteiger partial charge on any atom is 0.255 e. The van der Waals surface area contributed by atoms with Crippen molar-refractivity contribution < 1.29 is 23.8 Å². The summed E-state index contributed by atoms with van der Waals surface area (Å²) < 4.78 is 15.8. The SMILES string of the molecule is COc1cc(C(=O)Nc2ccc3c(c2)C(=O)NCC3)cc(OC)c1OC. The molecule has 0 saturated carbocycles. The van der Waals surface area contributed by atoms with Crippen LogP contribution in [0.15, 0.2) is 30.3 Å². The van der Waals surface area contributed by atoms with E-state index in [1.54, 1.807) is 24.3 Å². The molecule has 0 aliphatic carbocycles. The van der Waals surface area contributed by atoms with Crippen LogP contribution < -0.4 is 24.8 Å². The molecule has 26 heavy (non-hydrogen) atoms. The van der Waals surface area contributed by atoms with Crippen molar-refractivity contribution in [2.45, 2.75) is 6.42 Å². The summed E-state index contributed by atoms with van der Waals surface area (Å²) in [6.45, 7) is 0.628. The molecule has 0 aromatic heterocycles. The minimum Gasteiger partial charge on any atom is -0.493 e. The lowest BCUT2D eigenvalue weighted by Crippen LogP contribution is -2.31. The van der Waals surface area contributed by atoms with Crippen molar-refractivity contribution >= 4 is 17.5 Å².